The molecule has 2 aliphatic rings. The molecule has 5 nitrogen and oxygen atoms in total. The number of nitrogens with one attached hydrogen (secondary N) is 2. The quantitative estimate of drug-likeness (QED) is 0.717. The maximum absolute atomic E-state index is 12.6. The Kier molecular flexibility index (Phi) is 3.31. The summed E-state index contributed by atoms with van der Waals surface area (Å²) in [5.74, 6) is 0.709. The second-order valence-electron chi connectivity index (χ2n) is 5.40. The highest BCUT2D eigenvalue weighted by molar-refractivity contribution is 6.28. The van der Waals surface area contributed by atoms with E-state index in [0.717, 1.165) is 25.7 Å². The monoisotopic (exact) mass is 280 g/mol. The smallest absolute Gasteiger partial charge is 0.232 e. The van der Waals surface area contributed by atoms with Crippen LogP contribution >= 0.6 is 11.6 Å². The van der Waals surface area contributed by atoms with E-state index in [9.17, 15) is 4.79 Å². The molecule has 1 saturated carbocycles. The van der Waals surface area contributed by atoms with Crippen molar-refractivity contribution < 1.29 is 4.79 Å². The van der Waals surface area contributed by atoms with Crippen molar-refractivity contribution in [3.05, 3.63) is 11.5 Å². The van der Waals surface area contributed by atoms with Gasteiger partial charge in [-0.15, -0.1) is 0 Å². The lowest BCUT2D eigenvalue weighted by atomic mass is 9.79. The molecule has 0 bridgehead atoms. The molecule has 2 N–H and O–H groups in total. The summed E-state index contributed by atoms with van der Waals surface area (Å²) >= 11 is 5.79. The summed E-state index contributed by atoms with van der Waals surface area (Å²) in [6.07, 6.45) is 8.07. The fourth-order valence-electron chi connectivity index (χ4n) is 2.98. The Balaban J connectivity index is 1.90. The van der Waals surface area contributed by atoms with Gasteiger partial charge in [-0.05, 0) is 24.4 Å². The first-order valence-electron chi connectivity index (χ1n) is 6.78. The van der Waals surface area contributed by atoms with Crippen LogP contribution < -0.4 is 10.6 Å². The molecule has 0 atom stereocenters. The number of hydrogen-bond acceptors (Lipinski definition) is 4. The van der Waals surface area contributed by atoms with Crippen LogP contribution in [0, 0.1) is 5.41 Å². The molecule has 6 heteroatoms. The first kappa shape index (κ1) is 12.7. The molecule has 1 aliphatic carbocycles. The lowest BCUT2D eigenvalue weighted by Gasteiger charge is -2.29. The van der Waals surface area contributed by atoms with Gasteiger partial charge in [-0.2, -0.15) is 4.98 Å². The van der Waals surface area contributed by atoms with Gasteiger partial charge < -0.3 is 10.6 Å². The molecule has 19 heavy (non-hydrogen) atoms. The summed E-state index contributed by atoms with van der Waals surface area (Å²) in [6.45, 7) is 0.624. The molecule has 0 radical (unpaired) electrons. The largest absolute Gasteiger partial charge is 0.367 e. The van der Waals surface area contributed by atoms with Crippen molar-refractivity contribution in [2.45, 2.75) is 38.5 Å². The first-order chi connectivity index (χ1) is 9.20. The van der Waals surface area contributed by atoms with Crippen LogP contribution in [0.15, 0.2) is 6.20 Å². The highest BCUT2D eigenvalue weighted by atomic mass is 35.5. The molecule has 102 valence electrons. The van der Waals surface area contributed by atoms with E-state index in [1.807, 2.05) is 0 Å². The molecule has 0 aromatic carbocycles. The Labute approximate surface area is 117 Å². The Morgan fingerprint density at radius 3 is 2.68 bits per heavy atom. The average Bonchev–Trinajstić information content (AvgIpc) is 2.71. The average molecular weight is 281 g/mol. The van der Waals surface area contributed by atoms with Gasteiger partial charge in [0, 0.05) is 6.54 Å². The van der Waals surface area contributed by atoms with Gasteiger partial charge in [-0.25, -0.2) is 4.98 Å². The Hall–Kier alpha value is -1.36. The molecular formula is C13H17ClN4O. The van der Waals surface area contributed by atoms with Crippen LogP contribution in [0.2, 0.25) is 5.28 Å². The van der Waals surface area contributed by atoms with E-state index < -0.39 is 0 Å². The number of anilines is 2. The predicted molar refractivity (Wildman–Crippen MR) is 74.3 cm³/mol. The van der Waals surface area contributed by atoms with Crippen molar-refractivity contribution in [3.63, 3.8) is 0 Å². The van der Waals surface area contributed by atoms with Crippen molar-refractivity contribution in [1.29, 1.82) is 0 Å². The van der Waals surface area contributed by atoms with Gasteiger partial charge in [0.2, 0.25) is 11.2 Å². The highest BCUT2D eigenvalue weighted by Crippen LogP contribution is 2.39. The van der Waals surface area contributed by atoms with Crippen molar-refractivity contribution >= 4 is 29.0 Å². The number of amides is 1. The zero-order valence-corrected chi connectivity index (χ0v) is 11.5. The number of halogens is 1. The van der Waals surface area contributed by atoms with E-state index in [1.54, 1.807) is 6.20 Å². The number of hydrogen-bond donors (Lipinski definition) is 2. The minimum absolute atomic E-state index is 0.0894. The van der Waals surface area contributed by atoms with Gasteiger partial charge in [0.05, 0.1) is 11.6 Å². The third-order valence-corrected chi connectivity index (χ3v) is 4.33. The van der Waals surface area contributed by atoms with Crippen LogP contribution in [0.4, 0.5) is 11.5 Å². The van der Waals surface area contributed by atoms with Gasteiger partial charge in [0.25, 0.3) is 0 Å². The molecule has 0 saturated heterocycles. The molecular weight excluding hydrogens is 264 g/mol. The van der Waals surface area contributed by atoms with Crippen LogP contribution in [-0.2, 0) is 4.79 Å². The normalized spacial score (nSPS) is 21.8. The second kappa shape index (κ2) is 4.96. The maximum atomic E-state index is 12.6. The number of aromatic nitrogens is 2. The molecule has 0 unspecified atom stereocenters. The fraction of sp³-hybridized carbons (Fsp3) is 0.615. The topological polar surface area (TPSA) is 66.9 Å². The van der Waals surface area contributed by atoms with Crippen LogP contribution in [0.3, 0.4) is 0 Å². The summed E-state index contributed by atoms with van der Waals surface area (Å²) < 4.78 is 0. The standard InChI is InChI=1S/C13H17ClN4O/c14-12-15-7-9-10(18-12)16-8-13(11(19)17-9)5-3-1-2-4-6-13/h7H,1-6,8H2,(H,17,19)(H,15,16,18). The van der Waals surface area contributed by atoms with Crippen molar-refractivity contribution in [2.24, 2.45) is 5.41 Å². The van der Waals surface area contributed by atoms with Gasteiger partial charge in [0.15, 0.2) is 5.82 Å². The van der Waals surface area contributed by atoms with Crippen LogP contribution in [0.5, 0.6) is 0 Å². The molecule has 1 aliphatic heterocycles. The zero-order chi connectivity index (χ0) is 13.3. The Morgan fingerprint density at radius 2 is 1.95 bits per heavy atom. The molecule has 1 spiro atoms. The van der Waals surface area contributed by atoms with Crippen LogP contribution in [-0.4, -0.2) is 22.4 Å². The van der Waals surface area contributed by atoms with Gasteiger partial charge in [-0.1, -0.05) is 25.7 Å². The van der Waals surface area contributed by atoms with E-state index in [-0.39, 0.29) is 16.6 Å². The lowest BCUT2D eigenvalue weighted by molar-refractivity contribution is -0.125. The van der Waals surface area contributed by atoms with E-state index in [4.69, 9.17) is 11.6 Å². The Bertz CT molecular complexity index is 497. The van der Waals surface area contributed by atoms with Crippen molar-refractivity contribution in [2.75, 3.05) is 17.2 Å². The molecule has 3 rings (SSSR count). The molecule has 1 fully saturated rings. The second-order valence-corrected chi connectivity index (χ2v) is 5.74. The van der Waals surface area contributed by atoms with Gasteiger partial charge in [-0.3, -0.25) is 4.79 Å². The minimum atomic E-state index is -0.316. The number of fused-ring (bicyclic) bond motifs is 1. The van der Waals surface area contributed by atoms with E-state index in [0.29, 0.717) is 18.1 Å². The van der Waals surface area contributed by atoms with E-state index >= 15 is 0 Å². The van der Waals surface area contributed by atoms with Crippen molar-refractivity contribution in [1.82, 2.24) is 9.97 Å². The maximum Gasteiger partial charge on any atom is 0.232 e. The number of rotatable bonds is 0. The SMILES string of the molecule is O=C1Nc2cnc(Cl)nc2NCC12CCCCCC2. The number of nitrogens with zero attached hydrogens (tertiary/aromatic N) is 2. The third kappa shape index (κ3) is 2.39. The van der Waals surface area contributed by atoms with Gasteiger partial charge in [0.1, 0.15) is 5.69 Å². The van der Waals surface area contributed by atoms with Crippen molar-refractivity contribution in [3.8, 4) is 0 Å². The summed E-state index contributed by atoms with van der Waals surface area (Å²) in [5.41, 5.74) is 0.305. The van der Waals surface area contributed by atoms with Gasteiger partial charge >= 0.3 is 0 Å². The molecule has 1 aromatic heterocycles. The van der Waals surface area contributed by atoms with Crippen LogP contribution in [0.1, 0.15) is 38.5 Å². The summed E-state index contributed by atoms with van der Waals surface area (Å²) in [6, 6.07) is 0. The summed E-state index contributed by atoms with van der Waals surface area (Å²) in [7, 11) is 0. The number of carbonyl (C=O) groups is 1. The minimum Gasteiger partial charge on any atom is -0.367 e. The zero-order valence-electron chi connectivity index (χ0n) is 10.7. The molecule has 1 aromatic rings. The van der Waals surface area contributed by atoms with Crippen LogP contribution in [0.25, 0.3) is 0 Å². The Morgan fingerprint density at radius 1 is 1.21 bits per heavy atom. The summed E-state index contributed by atoms with van der Waals surface area (Å²) in [4.78, 5) is 20.6. The molecule has 2 heterocycles. The van der Waals surface area contributed by atoms with E-state index in [1.165, 1.54) is 12.8 Å². The summed E-state index contributed by atoms with van der Waals surface area (Å²) in [5, 5.41) is 6.41. The fourth-order valence-corrected chi connectivity index (χ4v) is 3.12. The third-order valence-electron chi connectivity index (χ3n) is 4.14. The molecule has 1 amide bonds. The first-order valence-corrected chi connectivity index (χ1v) is 7.15. The highest BCUT2D eigenvalue weighted by Gasteiger charge is 2.40. The predicted octanol–water partition coefficient (Wildman–Crippen LogP) is 2.83. The number of carbonyl (C=O) groups excluding carboxylic acids is 1. The van der Waals surface area contributed by atoms with E-state index in [2.05, 4.69) is 20.6 Å². The lowest BCUT2D eigenvalue weighted by Crippen LogP contribution is -2.39.